The molecule has 4 heteroatoms. The highest BCUT2D eigenvalue weighted by Crippen LogP contribution is 2.23. The van der Waals surface area contributed by atoms with Crippen molar-refractivity contribution in [2.75, 3.05) is 6.54 Å². The Morgan fingerprint density at radius 3 is 3.11 bits per heavy atom. The van der Waals surface area contributed by atoms with Crippen LogP contribution in [0.3, 0.4) is 0 Å². The highest BCUT2D eigenvalue weighted by atomic mass is 32.1. The standard InChI is InChI=1S/C14H24N2OS/c1-3-6-14-15-12(10-18-14)9-16-8-5-4-7-13(16)11(2)17/h10-11,13,17H,3-9H2,1-2H3. The van der Waals surface area contributed by atoms with Gasteiger partial charge in [0.2, 0.25) is 0 Å². The predicted octanol–water partition coefficient (Wildman–Crippen LogP) is 2.83. The molecule has 1 saturated heterocycles. The minimum absolute atomic E-state index is 0.237. The van der Waals surface area contributed by atoms with E-state index in [4.69, 9.17) is 0 Å². The lowest BCUT2D eigenvalue weighted by Gasteiger charge is -2.36. The third-order valence-electron chi connectivity index (χ3n) is 3.65. The van der Waals surface area contributed by atoms with Crippen molar-refractivity contribution in [2.45, 2.75) is 64.6 Å². The Balaban J connectivity index is 1.97. The van der Waals surface area contributed by atoms with Gasteiger partial charge in [0, 0.05) is 18.0 Å². The average molecular weight is 268 g/mol. The van der Waals surface area contributed by atoms with Crippen molar-refractivity contribution in [1.29, 1.82) is 0 Å². The molecule has 0 aliphatic carbocycles. The number of aliphatic hydroxyl groups is 1. The first-order valence-electron chi connectivity index (χ1n) is 7.06. The average Bonchev–Trinajstić information content (AvgIpc) is 2.77. The van der Waals surface area contributed by atoms with E-state index in [9.17, 15) is 5.11 Å². The lowest BCUT2D eigenvalue weighted by Crippen LogP contribution is -2.45. The molecule has 0 radical (unpaired) electrons. The van der Waals surface area contributed by atoms with Crippen LogP contribution in [0.1, 0.15) is 50.2 Å². The van der Waals surface area contributed by atoms with E-state index in [0.717, 1.165) is 32.4 Å². The van der Waals surface area contributed by atoms with Crippen molar-refractivity contribution < 1.29 is 5.11 Å². The zero-order chi connectivity index (χ0) is 13.0. The fourth-order valence-corrected chi connectivity index (χ4v) is 3.61. The maximum atomic E-state index is 9.86. The molecule has 3 nitrogen and oxygen atoms in total. The summed E-state index contributed by atoms with van der Waals surface area (Å²) in [6.45, 7) is 6.09. The minimum Gasteiger partial charge on any atom is -0.392 e. The maximum Gasteiger partial charge on any atom is 0.0928 e. The summed E-state index contributed by atoms with van der Waals surface area (Å²) in [7, 11) is 0. The molecule has 102 valence electrons. The van der Waals surface area contributed by atoms with Crippen LogP contribution in [0, 0.1) is 0 Å². The highest BCUT2D eigenvalue weighted by Gasteiger charge is 2.26. The quantitative estimate of drug-likeness (QED) is 0.892. The Bertz CT molecular complexity index is 364. The number of thiazole rings is 1. The van der Waals surface area contributed by atoms with Crippen molar-refractivity contribution in [3.8, 4) is 0 Å². The molecule has 2 atom stereocenters. The van der Waals surface area contributed by atoms with Crippen molar-refractivity contribution in [1.82, 2.24) is 9.88 Å². The number of hydrogen-bond donors (Lipinski definition) is 1. The minimum atomic E-state index is -0.237. The van der Waals surface area contributed by atoms with Gasteiger partial charge in [-0.25, -0.2) is 4.98 Å². The molecule has 2 heterocycles. The Morgan fingerprint density at radius 1 is 1.56 bits per heavy atom. The topological polar surface area (TPSA) is 36.4 Å². The molecule has 1 aliphatic rings. The fraction of sp³-hybridized carbons (Fsp3) is 0.786. The number of rotatable bonds is 5. The number of aromatic nitrogens is 1. The fourth-order valence-electron chi connectivity index (χ4n) is 2.72. The maximum absolute atomic E-state index is 9.86. The zero-order valence-corrected chi connectivity index (χ0v) is 12.2. The van der Waals surface area contributed by atoms with Gasteiger partial charge in [-0.05, 0) is 39.2 Å². The molecular weight excluding hydrogens is 244 g/mol. The zero-order valence-electron chi connectivity index (χ0n) is 11.4. The highest BCUT2D eigenvalue weighted by molar-refractivity contribution is 7.09. The second kappa shape index (κ2) is 6.64. The summed E-state index contributed by atoms with van der Waals surface area (Å²) in [4.78, 5) is 7.08. The second-order valence-electron chi connectivity index (χ2n) is 5.26. The first-order chi connectivity index (χ1) is 8.70. The molecule has 0 bridgehead atoms. The number of nitrogens with zero attached hydrogens (tertiary/aromatic N) is 2. The largest absolute Gasteiger partial charge is 0.392 e. The lowest BCUT2D eigenvalue weighted by atomic mass is 9.98. The Morgan fingerprint density at radius 2 is 2.39 bits per heavy atom. The van der Waals surface area contributed by atoms with Crippen LogP contribution < -0.4 is 0 Å². The summed E-state index contributed by atoms with van der Waals surface area (Å²) in [5.74, 6) is 0. The van der Waals surface area contributed by atoms with E-state index in [2.05, 4.69) is 22.2 Å². The molecule has 0 saturated carbocycles. The van der Waals surface area contributed by atoms with Gasteiger partial charge < -0.3 is 5.11 Å². The van der Waals surface area contributed by atoms with E-state index in [0.29, 0.717) is 6.04 Å². The van der Waals surface area contributed by atoms with Crippen molar-refractivity contribution in [3.05, 3.63) is 16.1 Å². The molecule has 0 spiro atoms. The molecule has 1 aromatic rings. The Hall–Kier alpha value is -0.450. The molecule has 1 N–H and O–H groups in total. The summed E-state index contributed by atoms with van der Waals surface area (Å²) in [5, 5.41) is 13.3. The van der Waals surface area contributed by atoms with Crippen LogP contribution in [0.25, 0.3) is 0 Å². The van der Waals surface area contributed by atoms with Crippen LogP contribution in [-0.2, 0) is 13.0 Å². The van der Waals surface area contributed by atoms with Gasteiger partial charge in [0.1, 0.15) is 0 Å². The third kappa shape index (κ3) is 3.53. The van der Waals surface area contributed by atoms with Gasteiger partial charge >= 0.3 is 0 Å². The number of aliphatic hydroxyl groups excluding tert-OH is 1. The molecule has 0 amide bonds. The molecule has 18 heavy (non-hydrogen) atoms. The molecule has 2 rings (SSSR count). The molecule has 1 aliphatic heterocycles. The second-order valence-corrected chi connectivity index (χ2v) is 6.20. The molecule has 0 aromatic carbocycles. The van der Waals surface area contributed by atoms with Crippen LogP contribution in [0.15, 0.2) is 5.38 Å². The van der Waals surface area contributed by atoms with E-state index in [1.807, 2.05) is 6.92 Å². The van der Waals surface area contributed by atoms with Gasteiger partial charge in [0.25, 0.3) is 0 Å². The van der Waals surface area contributed by atoms with Gasteiger partial charge in [-0.2, -0.15) is 0 Å². The smallest absolute Gasteiger partial charge is 0.0928 e. The summed E-state index contributed by atoms with van der Waals surface area (Å²) in [5.41, 5.74) is 1.18. The Kier molecular flexibility index (Phi) is 5.15. The molecule has 1 fully saturated rings. The van der Waals surface area contributed by atoms with E-state index in [1.54, 1.807) is 11.3 Å². The van der Waals surface area contributed by atoms with E-state index in [1.165, 1.54) is 23.5 Å². The van der Waals surface area contributed by atoms with Crippen LogP contribution in [0.4, 0.5) is 0 Å². The number of aryl methyl sites for hydroxylation is 1. The van der Waals surface area contributed by atoms with Gasteiger partial charge in [0.05, 0.1) is 16.8 Å². The molecular formula is C14H24N2OS. The third-order valence-corrected chi connectivity index (χ3v) is 4.61. The van der Waals surface area contributed by atoms with Crippen molar-refractivity contribution >= 4 is 11.3 Å². The number of likely N-dealkylation sites (tertiary alicyclic amines) is 1. The first-order valence-corrected chi connectivity index (χ1v) is 7.94. The first kappa shape index (κ1) is 14.0. The SMILES string of the molecule is CCCc1nc(CN2CCCCC2C(C)O)cs1. The Labute approximate surface area is 114 Å². The monoisotopic (exact) mass is 268 g/mol. The van der Waals surface area contributed by atoms with Gasteiger partial charge in [0.15, 0.2) is 0 Å². The normalized spacial score (nSPS) is 23.2. The van der Waals surface area contributed by atoms with Crippen molar-refractivity contribution in [3.63, 3.8) is 0 Å². The van der Waals surface area contributed by atoms with Gasteiger partial charge in [-0.1, -0.05) is 13.3 Å². The lowest BCUT2D eigenvalue weighted by molar-refractivity contribution is 0.0310. The summed E-state index contributed by atoms with van der Waals surface area (Å²) >= 11 is 1.77. The van der Waals surface area contributed by atoms with E-state index >= 15 is 0 Å². The van der Waals surface area contributed by atoms with Gasteiger partial charge in [-0.3, -0.25) is 4.90 Å². The van der Waals surface area contributed by atoms with E-state index in [-0.39, 0.29) is 6.10 Å². The number of piperidine rings is 1. The summed E-state index contributed by atoms with van der Waals surface area (Å²) in [6.07, 6.45) is 5.61. The molecule has 2 unspecified atom stereocenters. The predicted molar refractivity (Wildman–Crippen MR) is 75.8 cm³/mol. The summed E-state index contributed by atoms with van der Waals surface area (Å²) < 4.78 is 0. The molecule has 1 aromatic heterocycles. The summed E-state index contributed by atoms with van der Waals surface area (Å²) in [6, 6.07) is 0.315. The van der Waals surface area contributed by atoms with Crippen LogP contribution in [0.5, 0.6) is 0 Å². The van der Waals surface area contributed by atoms with Gasteiger partial charge in [-0.15, -0.1) is 11.3 Å². The van der Waals surface area contributed by atoms with Crippen LogP contribution >= 0.6 is 11.3 Å². The van der Waals surface area contributed by atoms with Crippen LogP contribution in [-0.4, -0.2) is 33.7 Å². The van der Waals surface area contributed by atoms with E-state index < -0.39 is 0 Å². The van der Waals surface area contributed by atoms with Crippen LogP contribution in [0.2, 0.25) is 0 Å². The van der Waals surface area contributed by atoms with Crippen molar-refractivity contribution in [2.24, 2.45) is 0 Å². The number of hydrogen-bond acceptors (Lipinski definition) is 4.